The Balaban J connectivity index is 1.99. The lowest BCUT2D eigenvalue weighted by Gasteiger charge is -2.32. The van der Waals surface area contributed by atoms with Gasteiger partial charge in [0.1, 0.15) is 10.7 Å². The van der Waals surface area contributed by atoms with Gasteiger partial charge in [-0.2, -0.15) is 13.2 Å². The molecule has 0 saturated carbocycles. The third-order valence-corrected chi connectivity index (χ3v) is 4.84. The summed E-state index contributed by atoms with van der Waals surface area (Å²) in [6, 6.07) is 0.379. The van der Waals surface area contributed by atoms with E-state index in [1.807, 2.05) is 11.8 Å². The second-order valence-corrected chi connectivity index (χ2v) is 6.64. The summed E-state index contributed by atoms with van der Waals surface area (Å²) in [6.07, 6.45) is -1.59. The Morgan fingerprint density at radius 2 is 2.08 bits per heavy atom. The third kappa shape index (κ3) is 4.01. The molecule has 10 heteroatoms. The summed E-state index contributed by atoms with van der Waals surface area (Å²) < 4.78 is 44.7. The van der Waals surface area contributed by atoms with E-state index in [4.69, 9.17) is 4.74 Å². The fourth-order valence-electron chi connectivity index (χ4n) is 2.59. The van der Waals surface area contributed by atoms with Gasteiger partial charge >= 0.3 is 12.2 Å². The summed E-state index contributed by atoms with van der Waals surface area (Å²) >= 11 is 0.660. The predicted octanol–water partition coefficient (Wildman–Crippen LogP) is 2.82. The molecule has 25 heavy (non-hydrogen) atoms. The van der Waals surface area contributed by atoms with Crippen molar-refractivity contribution in [1.29, 1.82) is 0 Å². The number of hydrogen-bond donors (Lipinski definition) is 1. The molecule has 0 radical (unpaired) electrons. The van der Waals surface area contributed by atoms with Crippen LogP contribution in [-0.2, 0) is 6.18 Å². The summed E-state index contributed by atoms with van der Waals surface area (Å²) in [5.41, 5.74) is 0.700. The van der Waals surface area contributed by atoms with Gasteiger partial charge in [-0.3, -0.25) is 0 Å². The molecule has 3 heterocycles. The van der Waals surface area contributed by atoms with Crippen molar-refractivity contribution < 1.29 is 17.9 Å². The van der Waals surface area contributed by atoms with E-state index in [9.17, 15) is 13.2 Å². The normalized spacial score (nSPS) is 18.4. The van der Waals surface area contributed by atoms with Crippen molar-refractivity contribution in [3.05, 3.63) is 17.4 Å². The number of ether oxygens (including phenoxy) is 1. The van der Waals surface area contributed by atoms with Gasteiger partial charge < -0.3 is 15.0 Å². The van der Waals surface area contributed by atoms with E-state index in [1.165, 1.54) is 12.4 Å². The van der Waals surface area contributed by atoms with Crippen molar-refractivity contribution in [3.8, 4) is 17.3 Å². The van der Waals surface area contributed by atoms with Crippen LogP contribution in [0, 0.1) is 0 Å². The number of thiazole rings is 1. The Labute approximate surface area is 147 Å². The smallest absolute Gasteiger partial charge is 0.443 e. The molecule has 0 bridgehead atoms. The van der Waals surface area contributed by atoms with Gasteiger partial charge in [0, 0.05) is 43.6 Å². The molecule has 0 aromatic carbocycles. The van der Waals surface area contributed by atoms with E-state index in [2.05, 4.69) is 20.3 Å². The zero-order valence-electron chi connectivity index (χ0n) is 13.8. The van der Waals surface area contributed by atoms with E-state index >= 15 is 0 Å². The van der Waals surface area contributed by atoms with Crippen LogP contribution in [-0.4, -0.2) is 47.2 Å². The zero-order valence-corrected chi connectivity index (χ0v) is 14.6. The molecule has 1 unspecified atom stereocenters. The minimum atomic E-state index is -4.48. The molecule has 0 amide bonds. The molecule has 1 atom stereocenters. The Morgan fingerprint density at radius 3 is 2.68 bits per heavy atom. The van der Waals surface area contributed by atoms with Crippen molar-refractivity contribution in [3.63, 3.8) is 0 Å². The molecule has 136 valence electrons. The number of alkyl halides is 3. The molecular formula is C15H18F3N5OS. The maximum atomic E-state index is 13.2. The van der Waals surface area contributed by atoms with E-state index < -0.39 is 11.2 Å². The number of nitrogens with one attached hydrogen (secondary N) is 1. The average molecular weight is 373 g/mol. The first-order valence-corrected chi connectivity index (χ1v) is 8.71. The van der Waals surface area contributed by atoms with Gasteiger partial charge in [-0.25, -0.2) is 15.0 Å². The number of anilines is 1. The van der Waals surface area contributed by atoms with Crippen LogP contribution in [0.2, 0.25) is 0 Å². The van der Waals surface area contributed by atoms with Gasteiger partial charge in [0.25, 0.3) is 0 Å². The van der Waals surface area contributed by atoms with Crippen LogP contribution in [0.4, 0.5) is 18.2 Å². The van der Waals surface area contributed by atoms with Crippen LogP contribution in [0.5, 0.6) is 6.01 Å². The van der Waals surface area contributed by atoms with Crippen molar-refractivity contribution in [2.45, 2.75) is 26.1 Å². The van der Waals surface area contributed by atoms with E-state index in [1.54, 1.807) is 6.92 Å². The molecule has 6 nitrogen and oxygen atoms in total. The topological polar surface area (TPSA) is 63.2 Å². The first-order valence-electron chi connectivity index (χ1n) is 7.90. The highest BCUT2D eigenvalue weighted by molar-refractivity contribution is 7.16. The predicted molar refractivity (Wildman–Crippen MR) is 89.0 cm³/mol. The molecule has 0 spiro atoms. The molecule has 1 N–H and O–H groups in total. The van der Waals surface area contributed by atoms with Crippen LogP contribution < -0.4 is 15.0 Å². The first-order chi connectivity index (χ1) is 11.9. The van der Waals surface area contributed by atoms with Gasteiger partial charge in [0.2, 0.25) is 5.01 Å². The Kier molecular flexibility index (Phi) is 5.09. The van der Waals surface area contributed by atoms with Crippen LogP contribution in [0.1, 0.15) is 18.9 Å². The summed E-state index contributed by atoms with van der Waals surface area (Å²) in [4.78, 5) is 13.8. The summed E-state index contributed by atoms with van der Waals surface area (Å²) in [5.74, 6) is 0. The fourth-order valence-corrected chi connectivity index (χ4v) is 3.59. The molecule has 1 aliphatic heterocycles. The Bertz CT molecular complexity index is 719. The van der Waals surface area contributed by atoms with Crippen LogP contribution in [0.25, 0.3) is 11.3 Å². The molecular weight excluding hydrogens is 355 g/mol. The standard InChI is InChI=1S/C15H18F3N5OS/c1-3-24-14-20-6-10(7-21-14)11-12(23-5-4-19-9(2)8-23)25-13(22-11)15(16,17)18/h6-7,9,19H,3-5,8H2,1-2H3. The summed E-state index contributed by atoms with van der Waals surface area (Å²) in [6.45, 7) is 6.16. The average Bonchev–Trinajstić information content (AvgIpc) is 3.01. The number of nitrogens with zero attached hydrogens (tertiary/aromatic N) is 4. The summed E-state index contributed by atoms with van der Waals surface area (Å²) in [5, 5.41) is 2.91. The molecule has 0 aliphatic carbocycles. The molecule has 2 aromatic rings. The highest BCUT2D eigenvalue weighted by Crippen LogP contribution is 2.42. The zero-order chi connectivity index (χ0) is 18.0. The fraction of sp³-hybridized carbons (Fsp3) is 0.533. The number of halogens is 3. The van der Waals surface area contributed by atoms with Gasteiger partial charge in [0.05, 0.1) is 6.61 Å². The number of rotatable bonds is 4. The van der Waals surface area contributed by atoms with E-state index in [0.29, 0.717) is 48.1 Å². The molecule has 3 rings (SSSR count). The Hall–Kier alpha value is -1.94. The quantitative estimate of drug-likeness (QED) is 0.889. The number of piperazine rings is 1. The summed E-state index contributed by atoms with van der Waals surface area (Å²) in [7, 11) is 0. The van der Waals surface area contributed by atoms with Crippen molar-refractivity contribution >= 4 is 16.3 Å². The van der Waals surface area contributed by atoms with Crippen LogP contribution in [0.3, 0.4) is 0 Å². The van der Waals surface area contributed by atoms with Crippen LogP contribution >= 0.6 is 11.3 Å². The molecule has 1 saturated heterocycles. The lowest BCUT2D eigenvalue weighted by atomic mass is 10.2. The minimum Gasteiger partial charge on any atom is -0.464 e. The van der Waals surface area contributed by atoms with Gasteiger partial charge in [0.15, 0.2) is 0 Å². The van der Waals surface area contributed by atoms with Crippen molar-refractivity contribution in [2.75, 3.05) is 31.1 Å². The number of aromatic nitrogens is 3. The van der Waals surface area contributed by atoms with Crippen LogP contribution in [0.15, 0.2) is 12.4 Å². The van der Waals surface area contributed by atoms with Crippen molar-refractivity contribution in [2.24, 2.45) is 0 Å². The Morgan fingerprint density at radius 1 is 1.36 bits per heavy atom. The maximum Gasteiger partial charge on any atom is 0.443 e. The molecule has 2 aromatic heterocycles. The lowest BCUT2D eigenvalue weighted by molar-refractivity contribution is -0.137. The van der Waals surface area contributed by atoms with Crippen molar-refractivity contribution in [1.82, 2.24) is 20.3 Å². The van der Waals surface area contributed by atoms with E-state index in [-0.39, 0.29) is 17.7 Å². The molecule has 1 aliphatic rings. The third-order valence-electron chi connectivity index (χ3n) is 3.68. The highest BCUT2D eigenvalue weighted by Gasteiger charge is 2.37. The van der Waals surface area contributed by atoms with Gasteiger partial charge in [-0.1, -0.05) is 11.3 Å². The second kappa shape index (κ2) is 7.12. The monoisotopic (exact) mass is 373 g/mol. The first kappa shape index (κ1) is 17.9. The van der Waals surface area contributed by atoms with E-state index in [0.717, 1.165) is 0 Å². The number of hydrogen-bond acceptors (Lipinski definition) is 7. The maximum absolute atomic E-state index is 13.2. The van der Waals surface area contributed by atoms with Gasteiger partial charge in [-0.15, -0.1) is 0 Å². The molecule has 1 fully saturated rings. The highest BCUT2D eigenvalue weighted by atomic mass is 32.1. The minimum absolute atomic E-state index is 0.189. The largest absolute Gasteiger partial charge is 0.464 e. The second-order valence-electron chi connectivity index (χ2n) is 5.66. The lowest BCUT2D eigenvalue weighted by Crippen LogP contribution is -2.49. The SMILES string of the molecule is CCOc1ncc(-c2nc(C(F)(F)F)sc2N2CCNC(C)C2)cn1. The van der Waals surface area contributed by atoms with Gasteiger partial charge in [-0.05, 0) is 13.8 Å².